The number of amides is 1. The van der Waals surface area contributed by atoms with Gasteiger partial charge in [-0.15, -0.1) is 0 Å². The third-order valence-electron chi connectivity index (χ3n) is 2.33. The standard InChI is InChI=1S/C11H25N3O3S/c1-6-9(2)13-10(15)7-12-8-11(3,4)14-18(5,16)17/h9,12,14H,6-8H2,1-5H3,(H,13,15). The first-order valence-electron chi connectivity index (χ1n) is 6.05. The zero-order valence-electron chi connectivity index (χ0n) is 11.8. The number of rotatable bonds is 8. The van der Waals surface area contributed by atoms with Gasteiger partial charge in [-0.3, -0.25) is 4.79 Å². The van der Waals surface area contributed by atoms with E-state index in [1.54, 1.807) is 13.8 Å². The van der Waals surface area contributed by atoms with E-state index in [4.69, 9.17) is 0 Å². The first-order chi connectivity index (χ1) is 8.06. The molecule has 108 valence electrons. The second-order valence-corrected chi connectivity index (χ2v) is 6.99. The van der Waals surface area contributed by atoms with E-state index in [0.717, 1.165) is 12.7 Å². The maximum absolute atomic E-state index is 11.5. The molecule has 0 fully saturated rings. The number of hydrogen-bond acceptors (Lipinski definition) is 4. The first-order valence-corrected chi connectivity index (χ1v) is 7.94. The van der Waals surface area contributed by atoms with Crippen LogP contribution in [0.3, 0.4) is 0 Å². The molecule has 0 aliphatic carbocycles. The summed E-state index contributed by atoms with van der Waals surface area (Å²) in [5, 5.41) is 5.76. The Morgan fingerprint density at radius 1 is 1.33 bits per heavy atom. The van der Waals surface area contributed by atoms with E-state index in [1.165, 1.54) is 0 Å². The summed E-state index contributed by atoms with van der Waals surface area (Å²) in [6, 6.07) is 0.154. The lowest BCUT2D eigenvalue weighted by atomic mass is 10.1. The van der Waals surface area contributed by atoms with E-state index in [1.807, 2.05) is 13.8 Å². The smallest absolute Gasteiger partial charge is 0.234 e. The molecule has 0 bridgehead atoms. The van der Waals surface area contributed by atoms with Crippen molar-refractivity contribution in [1.82, 2.24) is 15.4 Å². The fourth-order valence-electron chi connectivity index (χ4n) is 1.45. The summed E-state index contributed by atoms with van der Waals surface area (Å²) >= 11 is 0. The molecule has 7 heteroatoms. The number of nitrogens with one attached hydrogen (secondary N) is 3. The van der Waals surface area contributed by atoms with Gasteiger partial charge in [-0.25, -0.2) is 13.1 Å². The van der Waals surface area contributed by atoms with Crippen molar-refractivity contribution in [3.8, 4) is 0 Å². The summed E-state index contributed by atoms with van der Waals surface area (Å²) in [7, 11) is -3.25. The Hall–Kier alpha value is -0.660. The van der Waals surface area contributed by atoms with Gasteiger partial charge in [-0.1, -0.05) is 6.92 Å². The summed E-state index contributed by atoms with van der Waals surface area (Å²) < 4.78 is 24.7. The summed E-state index contributed by atoms with van der Waals surface area (Å²) in [4.78, 5) is 11.5. The maximum Gasteiger partial charge on any atom is 0.234 e. The molecule has 0 aromatic rings. The first kappa shape index (κ1) is 17.3. The molecular weight excluding hydrogens is 254 g/mol. The van der Waals surface area contributed by atoms with E-state index >= 15 is 0 Å². The summed E-state index contributed by atoms with van der Waals surface area (Å²) in [5.74, 6) is -0.0838. The van der Waals surface area contributed by atoms with Crippen molar-refractivity contribution in [2.24, 2.45) is 0 Å². The van der Waals surface area contributed by atoms with Crippen molar-refractivity contribution in [3.05, 3.63) is 0 Å². The fourth-order valence-corrected chi connectivity index (χ4v) is 2.53. The van der Waals surface area contributed by atoms with Gasteiger partial charge in [0.1, 0.15) is 0 Å². The normalized spacial score (nSPS) is 14.3. The molecule has 1 atom stereocenters. The molecule has 0 saturated carbocycles. The minimum atomic E-state index is -3.25. The monoisotopic (exact) mass is 279 g/mol. The van der Waals surface area contributed by atoms with Gasteiger partial charge in [0, 0.05) is 18.1 Å². The average molecular weight is 279 g/mol. The highest BCUT2D eigenvalue weighted by Gasteiger charge is 2.21. The van der Waals surface area contributed by atoms with Gasteiger partial charge < -0.3 is 10.6 Å². The van der Waals surface area contributed by atoms with Gasteiger partial charge >= 0.3 is 0 Å². The molecule has 0 radical (unpaired) electrons. The van der Waals surface area contributed by atoms with Crippen LogP contribution in [0.15, 0.2) is 0 Å². The lowest BCUT2D eigenvalue weighted by Crippen LogP contribution is -2.51. The number of sulfonamides is 1. The number of carbonyl (C=O) groups is 1. The van der Waals surface area contributed by atoms with Crippen molar-refractivity contribution in [3.63, 3.8) is 0 Å². The summed E-state index contributed by atoms with van der Waals surface area (Å²) in [6.45, 7) is 8.01. The molecular formula is C11H25N3O3S. The van der Waals surface area contributed by atoms with Crippen LogP contribution in [0.1, 0.15) is 34.1 Å². The van der Waals surface area contributed by atoms with Gasteiger partial charge in [-0.2, -0.15) is 0 Å². The predicted molar refractivity (Wildman–Crippen MR) is 72.8 cm³/mol. The van der Waals surface area contributed by atoms with Gasteiger partial charge in [0.05, 0.1) is 12.8 Å². The highest BCUT2D eigenvalue weighted by atomic mass is 32.2. The lowest BCUT2D eigenvalue weighted by molar-refractivity contribution is -0.120. The van der Waals surface area contributed by atoms with Crippen LogP contribution in [0.25, 0.3) is 0 Å². The third-order valence-corrected chi connectivity index (χ3v) is 3.26. The Morgan fingerprint density at radius 2 is 1.89 bits per heavy atom. The summed E-state index contributed by atoms with van der Waals surface area (Å²) in [5.41, 5.74) is -0.621. The molecule has 0 saturated heterocycles. The van der Waals surface area contributed by atoms with Crippen molar-refractivity contribution in [1.29, 1.82) is 0 Å². The Labute approximate surface area is 110 Å². The Balaban J connectivity index is 4.00. The minimum Gasteiger partial charge on any atom is -0.353 e. The predicted octanol–water partition coefficient (Wildman–Crippen LogP) is -0.181. The molecule has 0 rings (SSSR count). The van der Waals surface area contributed by atoms with E-state index < -0.39 is 15.6 Å². The van der Waals surface area contributed by atoms with Crippen molar-refractivity contribution in [2.75, 3.05) is 19.3 Å². The maximum atomic E-state index is 11.5. The Bertz CT molecular complexity index is 366. The SMILES string of the molecule is CCC(C)NC(=O)CNCC(C)(C)NS(C)(=O)=O. The van der Waals surface area contributed by atoms with Crippen LogP contribution in [-0.4, -0.2) is 45.3 Å². The van der Waals surface area contributed by atoms with Gasteiger partial charge in [-0.05, 0) is 27.2 Å². The molecule has 0 spiro atoms. The lowest BCUT2D eigenvalue weighted by Gasteiger charge is -2.25. The fraction of sp³-hybridized carbons (Fsp3) is 0.909. The molecule has 0 heterocycles. The van der Waals surface area contributed by atoms with Crippen LogP contribution in [0, 0.1) is 0 Å². The molecule has 0 aliphatic heterocycles. The van der Waals surface area contributed by atoms with Crippen LogP contribution in [0.4, 0.5) is 0 Å². The molecule has 3 N–H and O–H groups in total. The van der Waals surface area contributed by atoms with Gasteiger partial charge in [0.25, 0.3) is 0 Å². The van der Waals surface area contributed by atoms with E-state index in [2.05, 4.69) is 15.4 Å². The van der Waals surface area contributed by atoms with E-state index in [0.29, 0.717) is 6.54 Å². The number of hydrogen-bond donors (Lipinski definition) is 3. The van der Waals surface area contributed by atoms with Crippen molar-refractivity contribution in [2.45, 2.75) is 45.7 Å². The Morgan fingerprint density at radius 3 is 2.33 bits per heavy atom. The van der Waals surface area contributed by atoms with E-state index in [-0.39, 0.29) is 18.5 Å². The quantitative estimate of drug-likeness (QED) is 0.575. The second-order valence-electron chi connectivity index (χ2n) is 5.24. The largest absolute Gasteiger partial charge is 0.353 e. The van der Waals surface area contributed by atoms with Crippen LogP contribution in [-0.2, 0) is 14.8 Å². The molecule has 18 heavy (non-hydrogen) atoms. The topological polar surface area (TPSA) is 87.3 Å². The molecule has 0 aromatic carbocycles. The molecule has 0 aliphatic rings. The zero-order valence-corrected chi connectivity index (χ0v) is 12.6. The zero-order chi connectivity index (χ0) is 14.4. The van der Waals surface area contributed by atoms with Gasteiger partial charge in [0.2, 0.25) is 15.9 Å². The third kappa shape index (κ3) is 9.38. The van der Waals surface area contributed by atoms with Crippen LogP contribution >= 0.6 is 0 Å². The molecule has 0 aromatic heterocycles. The summed E-state index contributed by atoms with van der Waals surface area (Å²) in [6.07, 6.45) is 2.00. The highest BCUT2D eigenvalue weighted by Crippen LogP contribution is 2.01. The molecule has 1 amide bonds. The van der Waals surface area contributed by atoms with Crippen molar-refractivity contribution < 1.29 is 13.2 Å². The van der Waals surface area contributed by atoms with Crippen LogP contribution in [0.5, 0.6) is 0 Å². The molecule has 6 nitrogen and oxygen atoms in total. The van der Waals surface area contributed by atoms with Crippen LogP contribution < -0.4 is 15.4 Å². The number of carbonyl (C=O) groups excluding carboxylic acids is 1. The van der Waals surface area contributed by atoms with E-state index in [9.17, 15) is 13.2 Å². The highest BCUT2D eigenvalue weighted by molar-refractivity contribution is 7.88. The molecule has 1 unspecified atom stereocenters. The minimum absolute atomic E-state index is 0.0838. The van der Waals surface area contributed by atoms with Crippen LogP contribution in [0.2, 0.25) is 0 Å². The second kappa shape index (κ2) is 7.06. The van der Waals surface area contributed by atoms with Gasteiger partial charge in [0.15, 0.2) is 0 Å². The van der Waals surface area contributed by atoms with Crippen molar-refractivity contribution >= 4 is 15.9 Å². The Kier molecular flexibility index (Phi) is 6.80. The average Bonchev–Trinajstić information content (AvgIpc) is 2.12.